The van der Waals surface area contributed by atoms with E-state index in [1.54, 1.807) is 0 Å². The Morgan fingerprint density at radius 3 is 2.31 bits per heavy atom. The number of aryl methyl sites for hydroxylation is 1. The summed E-state index contributed by atoms with van der Waals surface area (Å²) in [6.45, 7) is 6.93. The fraction of sp³-hybridized carbons (Fsp3) is 0.333. The Hall–Kier alpha value is -2.92. The second-order valence-corrected chi connectivity index (χ2v) is 7.55. The van der Waals surface area contributed by atoms with Gasteiger partial charge in [-0.15, -0.1) is 0 Å². The number of carboxylic acids is 1. The maximum absolute atomic E-state index is 11.8. The van der Waals surface area contributed by atoms with Gasteiger partial charge in [-0.1, -0.05) is 61.9 Å². The Morgan fingerprint density at radius 2 is 1.72 bits per heavy atom. The molecule has 0 radical (unpaired) electrons. The predicted octanol–water partition coefficient (Wildman–Crippen LogP) is 4.83. The number of nitrogens with zero attached hydrogens (tertiary/aromatic N) is 2. The van der Waals surface area contributed by atoms with Crippen molar-refractivity contribution in [2.24, 2.45) is 5.41 Å². The van der Waals surface area contributed by atoms with Crippen LogP contribution in [0.15, 0.2) is 60.8 Å². The number of carbonyl (C=O) groups is 1. The number of aliphatic carboxylic acids is 1. The fourth-order valence-electron chi connectivity index (χ4n) is 3.52. The molecule has 29 heavy (non-hydrogen) atoms. The van der Waals surface area contributed by atoms with E-state index in [2.05, 4.69) is 36.5 Å². The maximum atomic E-state index is 11.8. The van der Waals surface area contributed by atoms with Gasteiger partial charge in [0, 0.05) is 30.4 Å². The van der Waals surface area contributed by atoms with Crippen molar-refractivity contribution in [3.05, 3.63) is 71.9 Å². The lowest BCUT2D eigenvalue weighted by Gasteiger charge is -2.27. The third-order valence-corrected chi connectivity index (χ3v) is 5.72. The highest BCUT2D eigenvalue weighted by Crippen LogP contribution is 2.27. The van der Waals surface area contributed by atoms with Gasteiger partial charge in [-0.3, -0.25) is 4.79 Å². The molecule has 3 aromatic rings. The first kappa shape index (κ1) is 20.8. The molecule has 0 atom stereocenters. The predicted molar refractivity (Wildman–Crippen MR) is 116 cm³/mol. The number of carboxylic acid groups (broad SMARTS) is 1. The van der Waals surface area contributed by atoms with Gasteiger partial charge in [0.15, 0.2) is 0 Å². The molecule has 0 spiro atoms. The number of hydrogen-bond donors (Lipinski definition) is 2. The Balaban J connectivity index is 1.89. The Bertz CT molecular complexity index is 942. The molecule has 3 rings (SSSR count). The maximum Gasteiger partial charge on any atom is 0.310 e. The second-order valence-electron chi connectivity index (χ2n) is 7.55. The van der Waals surface area contributed by atoms with Crippen molar-refractivity contribution in [3.8, 4) is 16.9 Å². The van der Waals surface area contributed by atoms with Crippen LogP contribution < -0.4 is 5.32 Å². The first-order valence-corrected chi connectivity index (χ1v) is 10.1. The molecule has 2 aromatic carbocycles. The van der Waals surface area contributed by atoms with Crippen molar-refractivity contribution in [1.29, 1.82) is 0 Å². The minimum absolute atomic E-state index is 0.430. The van der Waals surface area contributed by atoms with Crippen molar-refractivity contribution < 1.29 is 9.90 Å². The summed E-state index contributed by atoms with van der Waals surface area (Å²) in [7, 11) is 0. The van der Waals surface area contributed by atoms with Gasteiger partial charge in [0.25, 0.3) is 0 Å². The first-order valence-electron chi connectivity index (χ1n) is 10.1. The molecule has 0 aliphatic heterocycles. The molecule has 0 unspecified atom stereocenters. The van der Waals surface area contributed by atoms with Crippen LogP contribution in [0.25, 0.3) is 16.9 Å². The number of rotatable bonds is 9. The molecule has 0 bridgehead atoms. The smallest absolute Gasteiger partial charge is 0.310 e. The largest absolute Gasteiger partial charge is 0.481 e. The lowest BCUT2D eigenvalue weighted by Crippen LogP contribution is -2.40. The molecule has 0 aliphatic rings. The molecule has 2 N–H and O–H groups in total. The minimum Gasteiger partial charge on any atom is -0.481 e. The van der Waals surface area contributed by atoms with Crippen LogP contribution in [-0.4, -0.2) is 27.4 Å². The van der Waals surface area contributed by atoms with Crippen molar-refractivity contribution in [1.82, 2.24) is 15.1 Å². The number of nitrogens with one attached hydrogen (secondary N) is 1. The summed E-state index contributed by atoms with van der Waals surface area (Å²) in [6, 6.07) is 18.3. The zero-order valence-corrected chi connectivity index (χ0v) is 17.4. The van der Waals surface area contributed by atoms with Crippen LogP contribution in [-0.2, 0) is 11.3 Å². The highest BCUT2D eigenvalue weighted by molar-refractivity contribution is 5.74. The average molecular weight is 392 g/mol. The molecule has 0 amide bonds. The van der Waals surface area contributed by atoms with E-state index in [9.17, 15) is 9.90 Å². The molecule has 1 aromatic heterocycles. The Kier molecular flexibility index (Phi) is 6.49. The normalized spacial score (nSPS) is 11.6. The average Bonchev–Trinajstić information content (AvgIpc) is 3.16. The fourth-order valence-corrected chi connectivity index (χ4v) is 3.52. The van der Waals surface area contributed by atoms with Crippen molar-refractivity contribution >= 4 is 5.97 Å². The molecular formula is C24H29N3O2. The quantitative estimate of drug-likeness (QED) is 0.548. The van der Waals surface area contributed by atoms with Crippen LogP contribution in [0.1, 0.15) is 37.8 Å². The van der Waals surface area contributed by atoms with E-state index < -0.39 is 11.4 Å². The molecule has 1 heterocycles. The number of hydrogen-bond acceptors (Lipinski definition) is 3. The van der Waals surface area contributed by atoms with Crippen LogP contribution in [0, 0.1) is 12.3 Å². The van der Waals surface area contributed by atoms with Gasteiger partial charge in [-0.05, 0) is 31.9 Å². The van der Waals surface area contributed by atoms with E-state index in [-0.39, 0.29) is 0 Å². The van der Waals surface area contributed by atoms with Gasteiger partial charge in [0.1, 0.15) is 0 Å². The summed E-state index contributed by atoms with van der Waals surface area (Å²) >= 11 is 0. The summed E-state index contributed by atoms with van der Waals surface area (Å²) in [5, 5.41) is 17.9. The molecular weight excluding hydrogens is 362 g/mol. The Labute approximate surface area is 172 Å². The van der Waals surface area contributed by atoms with Gasteiger partial charge >= 0.3 is 5.97 Å². The lowest BCUT2D eigenvalue weighted by atomic mass is 9.82. The highest BCUT2D eigenvalue weighted by atomic mass is 16.4. The summed E-state index contributed by atoms with van der Waals surface area (Å²) in [5.74, 6) is -0.742. The van der Waals surface area contributed by atoms with Crippen molar-refractivity contribution in [2.75, 3.05) is 6.54 Å². The van der Waals surface area contributed by atoms with Crippen LogP contribution in [0.2, 0.25) is 0 Å². The van der Waals surface area contributed by atoms with Gasteiger partial charge < -0.3 is 10.4 Å². The zero-order chi connectivity index (χ0) is 20.9. The SMILES string of the molecule is CCC(CC)(CNCc1cn(-c2ccccc2)nc1-c1ccc(C)cc1)C(=O)O. The standard InChI is InChI=1S/C24H29N3O2/c1-4-24(5-2,23(28)29)17-25-15-20-16-27(21-9-7-6-8-10-21)26-22(20)19-13-11-18(3)12-14-19/h6-14,16,25H,4-5,15,17H2,1-3H3,(H,28,29). The van der Waals surface area contributed by atoms with E-state index in [4.69, 9.17) is 5.10 Å². The molecule has 5 heteroatoms. The van der Waals surface area contributed by atoms with E-state index in [0.717, 1.165) is 22.5 Å². The Morgan fingerprint density at radius 1 is 1.07 bits per heavy atom. The van der Waals surface area contributed by atoms with Crippen LogP contribution in [0.5, 0.6) is 0 Å². The monoisotopic (exact) mass is 391 g/mol. The molecule has 0 saturated heterocycles. The van der Waals surface area contributed by atoms with Crippen LogP contribution >= 0.6 is 0 Å². The van der Waals surface area contributed by atoms with Gasteiger partial charge in [0.05, 0.1) is 16.8 Å². The first-order chi connectivity index (χ1) is 14.0. The van der Waals surface area contributed by atoms with Crippen molar-refractivity contribution in [3.63, 3.8) is 0 Å². The summed E-state index contributed by atoms with van der Waals surface area (Å²) in [5.41, 5.74) is 4.47. The van der Waals surface area contributed by atoms with Crippen molar-refractivity contribution in [2.45, 2.75) is 40.2 Å². The minimum atomic E-state index is -0.742. The van der Waals surface area contributed by atoms with E-state index >= 15 is 0 Å². The van der Waals surface area contributed by atoms with Gasteiger partial charge in [-0.25, -0.2) is 4.68 Å². The molecule has 152 valence electrons. The zero-order valence-electron chi connectivity index (χ0n) is 17.4. The third kappa shape index (κ3) is 4.57. The second kappa shape index (κ2) is 9.05. The van der Waals surface area contributed by atoms with E-state index in [0.29, 0.717) is 25.9 Å². The van der Waals surface area contributed by atoms with Crippen LogP contribution in [0.4, 0.5) is 0 Å². The number of para-hydroxylation sites is 1. The topological polar surface area (TPSA) is 67.2 Å². The molecule has 0 fully saturated rings. The number of aromatic nitrogens is 2. The van der Waals surface area contributed by atoms with Crippen LogP contribution in [0.3, 0.4) is 0 Å². The summed E-state index contributed by atoms with van der Waals surface area (Å²) in [4.78, 5) is 11.8. The summed E-state index contributed by atoms with van der Waals surface area (Å²) in [6.07, 6.45) is 3.22. The summed E-state index contributed by atoms with van der Waals surface area (Å²) < 4.78 is 1.89. The highest BCUT2D eigenvalue weighted by Gasteiger charge is 2.34. The molecule has 0 aliphatic carbocycles. The van der Waals surface area contributed by atoms with Gasteiger partial charge in [-0.2, -0.15) is 5.10 Å². The third-order valence-electron chi connectivity index (χ3n) is 5.72. The van der Waals surface area contributed by atoms with Gasteiger partial charge in [0.2, 0.25) is 0 Å². The molecule has 5 nitrogen and oxygen atoms in total. The lowest BCUT2D eigenvalue weighted by molar-refractivity contribution is -0.149. The van der Waals surface area contributed by atoms with E-state index in [1.165, 1.54) is 5.56 Å². The van der Waals surface area contributed by atoms with E-state index in [1.807, 2.05) is 55.1 Å². The molecule has 0 saturated carbocycles. The number of benzene rings is 2.